The van der Waals surface area contributed by atoms with Crippen LogP contribution in [-0.4, -0.2) is 12.1 Å². The number of benzene rings is 1. The summed E-state index contributed by atoms with van der Waals surface area (Å²) in [5.74, 6) is 1.05. The molecule has 2 aliphatic rings. The fourth-order valence-corrected chi connectivity index (χ4v) is 2.29. The Labute approximate surface area is 90.8 Å². The number of fused-ring (bicyclic) bond motifs is 1. The molecule has 0 radical (unpaired) electrons. The summed E-state index contributed by atoms with van der Waals surface area (Å²) in [6.07, 6.45) is 2.40. The molecule has 1 aliphatic carbocycles. The molecular weight excluding hydrogens is 277 g/mol. The van der Waals surface area contributed by atoms with Crippen LogP contribution in [0.4, 0.5) is 5.69 Å². The summed E-state index contributed by atoms with van der Waals surface area (Å²) in [5, 5.41) is 3.43. The molecule has 68 valence electrons. The first-order valence-corrected chi connectivity index (χ1v) is 5.58. The zero-order chi connectivity index (χ0) is 8.89. The van der Waals surface area contributed by atoms with Crippen LogP contribution >= 0.6 is 22.6 Å². The molecule has 0 aromatic heterocycles. The predicted octanol–water partition coefficient (Wildman–Crippen LogP) is 2.63. The highest BCUT2D eigenvalue weighted by Crippen LogP contribution is 2.47. The smallest absolute Gasteiger partial charge is 0.156 e. The quantitative estimate of drug-likeness (QED) is 0.741. The van der Waals surface area contributed by atoms with Crippen molar-refractivity contribution >= 4 is 28.3 Å². The molecule has 0 amide bonds. The summed E-state index contributed by atoms with van der Waals surface area (Å²) in [4.78, 5) is 0. The second-order valence-corrected chi connectivity index (χ2v) is 4.92. The number of hydrogen-bond donors (Lipinski definition) is 1. The Bertz CT molecular complexity index is 360. The van der Waals surface area contributed by atoms with Crippen molar-refractivity contribution in [1.82, 2.24) is 0 Å². The Hall–Kier alpha value is -0.450. The minimum atomic E-state index is 0.147. The molecule has 2 nitrogen and oxygen atoms in total. The maximum Gasteiger partial charge on any atom is 0.156 e. The molecule has 1 N–H and O–H groups in total. The van der Waals surface area contributed by atoms with Gasteiger partial charge in [-0.2, -0.15) is 0 Å². The molecule has 1 heterocycles. The second-order valence-electron chi connectivity index (χ2n) is 3.76. The summed E-state index contributed by atoms with van der Waals surface area (Å²) in [6.45, 7) is 0.972. The van der Waals surface area contributed by atoms with Crippen LogP contribution in [-0.2, 0) is 0 Å². The minimum absolute atomic E-state index is 0.147. The molecule has 0 bridgehead atoms. The predicted molar refractivity (Wildman–Crippen MR) is 60.2 cm³/mol. The van der Waals surface area contributed by atoms with Crippen molar-refractivity contribution in [3.05, 3.63) is 21.8 Å². The highest BCUT2D eigenvalue weighted by atomic mass is 127. The summed E-state index contributed by atoms with van der Waals surface area (Å²) < 4.78 is 7.19. The summed E-state index contributed by atoms with van der Waals surface area (Å²) in [7, 11) is 0. The maximum atomic E-state index is 5.99. The maximum absolute atomic E-state index is 5.99. The fourth-order valence-electron chi connectivity index (χ4n) is 1.68. The van der Waals surface area contributed by atoms with Crippen molar-refractivity contribution in [2.24, 2.45) is 0 Å². The zero-order valence-electron chi connectivity index (χ0n) is 7.14. The van der Waals surface area contributed by atoms with Crippen LogP contribution in [0.2, 0.25) is 0 Å². The van der Waals surface area contributed by atoms with E-state index in [0.717, 1.165) is 18.0 Å². The first-order valence-electron chi connectivity index (χ1n) is 4.51. The van der Waals surface area contributed by atoms with Crippen molar-refractivity contribution < 1.29 is 4.74 Å². The second kappa shape index (κ2) is 2.53. The molecule has 3 rings (SSSR count). The minimum Gasteiger partial charge on any atom is -0.482 e. The number of nitrogens with one attached hydrogen (secondary N) is 1. The Balaban J connectivity index is 2.06. The lowest BCUT2D eigenvalue weighted by molar-refractivity contribution is 0.182. The van der Waals surface area contributed by atoms with Crippen LogP contribution in [0.15, 0.2) is 18.2 Å². The van der Waals surface area contributed by atoms with E-state index in [1.165, 1.54) is 16.4 Å². The molecule has 1 saturated carbocycles. The first-order chi connectivity index (χ1) is 6.29. The molecular formula is C10H10INO. The van der Waals surface area contributed by atoms with E-state index >= 15 is 0 Å². The van der Waals surface area contributed by atoms with E-state index in [1.807, 2.05) is 0 Å². The van der Waals surface area contributed by atoms with E-state index in [9.17, 15) is 0 Å². The van der Waals surface area contributed by atoms with Gasteiger partial charge in [0.25, 0.3) is 0 Å². The lowest BCUT2D eigenvalue weighted by Crippen LogP contribution is -2.32. The van der Waals surface area contributed by atoms with E-state index in [2.05, 4.69) is 46.1 Å². The largest absolute Gasteiger partial charge is 0.482 e. The average Bonchev–Trinajstić information content (AvgIpc) is 2.88. The van der Waals surface area contributed by atoms with Gasteiger partial charge in [0.05, 0.1) is 15.8 Å². The van der Waals surface area contributed by atoms with Gasteiger partial charge in [-0.1, -0.05) is 6.07 Å². The SMILES string of the molecule is Ic1cccc2c1OC1(CC1)CN2. The number of para-hydroxylation sites is 1. The topological polar surface area (TPSA) is 21.3 Å². The van der Waals surface area contributed by atoms with Crippen molar-refractivity contribution in [3.8, 4) is 5.75 Å². The Morgan fingerprint density at radius 2 is 2.23 bits per heavy atom. The van der Waals surface area contributed by atoms with Gasteiger partial charge in [0.1, 0.15) is 5.60 Å². The normalized spacial score (nSPS) is 21.6. The van der Waals surface area contributed by atoms with Crippen LogP contribution in [0.5, 0.6) is 5.75 Å². The van der Waals surface area contributed by atoms with E-state index in [0.29, 0.717) is 0 Å². The summed E-state index contributed by atoms with van der Waals surface area (Å²) in [5.41, 5.74) is 1.29. The standard InChI is InChI=1S/C10H10INO/c11-7-2-1-3-8-9(7)13-10(4-5-10)6-12-8/h1-3,12H,4-6H2. The molecule has 1 spiro atoms. The van der Waals surface area contributed by atoms with Gasteiger partial charge in [0.2, 0.25) is 0 Å². The van der Waals surface area contributed by atoms with Crippen molar-refractivity contribution in [3.63, 3.8) is 0 Å². The van der Waals surface area contributed by atoms with E-state index in [-0.39, 0.29) is 5.60 Å². The monoisotopic (exact) mass is 287 g/mol. The number of ether oxygens (including phenoxy) is 1. The van der Waals surface area contributed by atoms with E-state index in [4.69, 9.17) is 4.74 Å². The number of anilines is 1. The molecule has 13 heavy (non-hydrogen) atoms. The average molecular weight is 287 g/mol. The number of hydrogen-bond acceptors (Lipinski definition) is 2. The lowest BCUT2D eigenvalue weighted by Gasteiger charge is -2.28. The van der Waals surface area contributed by atoms with Crippen LogP contribution in [0.25, 0.3) is 0 Å². The molecule has 1 aromatic rings. The van der Waals surface area contributed by atoms with Crippen LogP contribution in [0.1, 0.15) is 12.8 Å². The van der Waals surface area contributed by atoms with Crippen molar-refractivity contribution in [1.29, 1.82) is 0 Å². The molecule has 1 aromatic carbocycles. The molecule has 1 aliphatic heterocycles. The van der Waals surface area contributed by atoms with E-state index < -0.39 is 0 Å². The lowest BCUT2D eigenvalue weighted by atomic mass is 10.2. The van der Waals surface area contributed by atoms with Crippen molar-refractivity contribution in [2.75, 3.05) is 11.9 Å². The van der Waals surface area contributed by atoms with Crippen LogP contribution in [0, 0.1) is 3.57 Å². The third-order valence-corrected chi connectivity index (χ3v) is 3.54. The summed E-state index contributed by atoms with van der Waals surface area (Å²) in [6, 6.07) is 6.22. The van der Waals surface area contributed by atoms with Gasteiger partial charge < -0.3 is 10.1 Å². The van der Waals surface area contributed by atoms with Crippen molar-refractivity contribution in [2.45, 2.75) is 18.4 Å². The third-order valence-electron chi connectivity index (χ3n) is 2.69. The van der Waals surface area contributed by atoms with Gasteiger partial charge in [-0.15, -0.1) is 0 Å². The van der Waals surface area contributed by atoms with Gasteiger partial charge >= 0.3 is 0 Å². The van der Waals surface area contributed by atoms with Gasteiger partial charge in [0.15, 0.2) is 5.75 Å². The van der Waals surface area contributed by atoms with Gasteiger partial charge in [0, 0.05) is 0 Å². The number of rotatable bonds is 0. The molecule has 0 unspecified atom stereocenters. The van der Waals surface area contributed by atoms with Crippen LogP contribution < -0.4 is 10.1 Å². The molecule has 1 fully saturated rings. The van der Waals surface area contributed by atoms with Gasteiger partial charge in [-0.05, 0) is 47.6 Å². The highest BCUT2D eigenvalue weighted by Gasteiger charge is 2.48. The van der Waals surface area contributed by atoms with Gasteiger partial charge in [-0.25, -0.2) is 0 Å². The third kappa shape index (κ3) is 1.21. The van der Waals surface area contributed by atoms with Crippen LogP contribution in [0.3, 0.4) is 0 Å². The fraction of sp³-hybridized carbons (Fsp3) is 0.400. The zero-order valence-corrected chi connectivity index (χ0v) is 9.30. The Kier molecular flexibility index (Phi) is 1.54. The molecule has 0 atom stereocenters. The summed E-state index contributed by atoms with van der Waals surface area (Å²) >= 11 is 2.32. The Morgan fingerprint density at radius 1 is 1.38 bits per heavy atom. The van der Waals surface area contributed by atoms with E-state index in [1.54, 1.807) is 0 Å². The number of halogens is 1. The Morgan fingerprint density at radius 3 is 3.00 bits per heavy atom. The van der Waals surface area contributed by atoms with Gasteiger partial charge in [-0.3, -0.25) is 0 Å². The first kappa shape index (κ1) is 7.91. The molecule has 3 heteroatoms. The molecule has 0 saturated heterocycles. The highest BCUT2D eigenvalue weighted by molar-refractivity contribution is 14.1.